The molecule has 72 valence electrons. The van der Waals surface area contributed by atoms with Crippen LogP contribution < -0.4 is 0 Å². The highest BCUT2D eigenvalue weighted by molar-refractivity contribution is 7.17. The number of fused-ring (bicyclic) bond motifs is 1. The van der Waals surface area contributed by atoms with Crippen molar-refractivity contribution in [1.82, 2.24) is 0 Å². The minimum absolute atomic E-state index is 0.0592. The lowest BCUT2D eigenvalue weighted by Gasteiger charge is -1.96. The van der Waals surface area contributed by atoms with Gasteiger partial charge in [0.05, 0.1) is 5.56 Å². The van der Waals surface area contributed by atoms with E-state index in [2.05, 4.69) is 0 Å². The van der Waals surface area contributed by atoms with Gasteiger partial charge in [0, 0.05) is 21.5 Å². The predicted octanol–water partition coefficient (Wildman–Crippen LogP) is 2.44. The molecule has 0 saturated heterocycles. The monoisotopic (exact) mass is 212 g/mol. The topological polar surface area (TPSA) is 57.5 Å². The molecule has 0 aliphatic rings. The van der Waals surface area contributed by atoms with Crippen molar-refractivity contribution in [2.45, 2.75) is 0 Å². The number of rotatable bonds is 1. The van der Waals surface area contributed by atoms with Gasteiger partial charge < -0.3 is 10.2 Å². The first-order valence-corrected chi connectivity index (χ1v) is 4.60. The Hall–Kier alpha value is -1.62. The largest absolute Gasteiger partial charge is 0.505 e. The summed E-state index contributed by atoms with van der Waals surface area (Å²) in [5, 5.41) is 19.5. The fourth-order valence-corrected chi connectivity index (χ4v) is 2.15. The van der Waals surface area contributed by atoms with Crippen LogP contribution >= 0.6 is 11.3 Å². The number of carbonyl (C=O) groups is 1. The summed E-state index contributed by atoms with van der Waals surface area (Å²) < 4.78 is 13.5. The molecule has 0 amide bonds. The van der Waals surface area contributed by atoms with E-state index in [9.17, 15) is 9.18 Å². The van der Waals surface area contributed by atoms with E-state index in [1.807, 2.05) is 0 Å². The second-order valence-electron chi connectivity index (χ2n) is 2.75. The lowest BCUT2D eigenvalue weighted by Crippen LogP contribution is -1.93. The molecule has 1 aromatic heterocycles. The number of carboxylic acid groups (broad SMARTS) is 1. The fraction of sp³-hybridized carbons (Fsp3) is 0. The Balaban J connectivity index is 2.80. The molecule has 14 heavy (non-hydrogen) atoms. The summed E-state index contributed by atoms with van der Waals surface area (Å²) in [4.78, 5) is 10.7. The second kappa shape index (κ2) is 2.95. The predicted molar refractivity (Wildman–Crippen MR) is 50.4 cm³/mol. The van der Waals surface area contributed by atoms with Gasteiger partial charge in [-0.15, -0.1) is 11.3 Å². The van der Waals surface area contributed by atoms with Crippen molar-refractivity contribution in [3.05, 3.63) is 28.9 Å². The molecule has 0 fully saturated rings. The highest BCUT2D eigenvalue weighted by atomic mass is 32.1. The maximum atomic E-state index is 12.9. The van der Waals surface area contributed by atoms with Crippen LogP contribution in [0.25, 0.3) is 10.1 Å². The number of hydrogen-bond donors (Lipinski definition) is 2. The Morgan fingerprint density at radius 2 is 2.14 bits per heavy atom. The Morgan fingerprint density at radius 3 is 2.79 bits per heavy atom. The molecule has 0 atom stereocenters. The zero-order valence-electron chi connectivity index (χ0n) is 6.82. The van der Waals surface area contributed by atoms with Gasteiger partial charge >= 0.3 is 5.97 Å². The molecule has 5 heteroatoms. The van der Waals surface area contributed by atoms with Crippen molar-refractivity contribution >= 4 is 27.4 Å². The van der Waals surface area contributed by atoms with Crippen molar-refractivity contribution in [2.75, 3.05) is 0 Å². The van der Waals surface area contributed by atoms with Gasteiger partial charge in [-0.3, -0.25) is 0 Å². The minimum Gasteiger partial charge on any atom is -0.505 e. The summed E-state index contributed by atoms with van der Waals surface area (Å²) in [6.45, 7) is 0. The highest BCUT2D eigenvalue weighted by Gasteiger charge is 2.13. The van der Waals surface area contributed by atoms with Crippen LogP contribution in [0, 0.1) is 5.82 Å². The van der Waals surface area contributed by atoms with Crippen molar-refractivity contribution < 1.29 is 19.4 Å². The normalized spacial score (nSPS) is 10.6. The van der Waals surface area contributed by atoms with Gasteiger partial charge in [0.2, 0.25) is 0 Å². The third-order valence-corrected chi connectivity index (χ3v) is 2.82. The number of aromatic carboxylic acids is 1. The average Bonchev–Trinajstić information content (AvgIpc) is 2.48. The quantitative estimate of drug-likeness (QED) is 0.763. The summed E-state index contributed by atoms with van der Waals surface area (Å²) in [6, 6.07) is 2.26. The number of phenolic OH excluding ortho intramolecular Hbond substituents is 1. The van der Waals surface area contributed by atoms with Gasteiger partial charge in [0.1, 0.15) is 0 Å². The third-order valence-electron chi connectivity index (χ3n) is 1.87. The SMILES string of the molecule is O=C(O)c1csc2cc(O)c(F)cc12. The third kappa shape index (κ3) is 1.22. The zero-order chi connectivity index (χ0) is 10.3. The van der Waals surface area contributed by atoms with Crippen LogP contribution in [-0.4, -0.2) is 16.2 Å². The lowest BCUT2D eigenvalue weighted by molar-refractivity contribution is 0.0699. The molecule has 2 aromatic rings. The van der Waals surface area contributed by atoms with Gasteiger partial charge in [0.15, 0.2) is 11.6 Å². The second-order valence-corrected chi connectivity index (χ2v) is 3.67. The van der Waals surface area contributed by atoms with Crippen molar-refractivity contribution in [1.29, 1.82) is 0 Å². The maximum Gasteiger partial charge on any atom is 0.337 e. The van der Waals surface area contributed by atoms with Crippen LogP contribution in [0.15, 0.2) is 17.5 Å². The van der Waals surface area contributed by atoms with E-state index in [-0.39, 0.29) is 5.56 Å². The molecule has 3 nitrogen and oxygen atoms in total. The highest BCUT2D eigenvalue weighted by Crippen LogP contribution is 2.31. The van der Waals surface area contributed by atoms with E-state index in [0.29, 0.717) is 10.1 Å². The molecule has 2 N–H and O–H groups in total. The molecule has 1 heterocycles. The van der Waals surface area contributed by atoms with E-state index < -0.39 is 17.5 Å². The van der Waals surface area contributed by atoms with Gasteiger partial charge in [0.25, 0.3) is 0 Å². The Kier molecular flexibility index (Phi) is 1.89. The molecule has 0 aliphatic heterocycles. The van der Waals surface area contributed by atoms with E-state index in [0.717, 1.165) is 17.4 Å². The number of thiophene rings is 1. The summed E-state index contributed by atoms with van der Waals surface area (Å²) in [6.07, 6.45) is 0. The molecule has 0 bridgehead atoms. The smallest absolute Gasteiger partial charge is 0.337 e. The molecule has 0 spiro atoms. The standard InChI is InChI=1S/C9H5FO3S/c10-6-1-4-5(9(12)13)3-14-8(4)2-7(6)11/h1-3,11H,(H,12,13). The molecule has 0 saturated carbocycles. The Morgan fingerprint density at radius 1 is 1.43 bits per heavy atom. The summed E-state index contributed by atoms with van der Waals surface area (Å²) in [5.41, 5.74) is 0.0592. The van der Waals surface area contributed by atoms with Gasteiger partial charge in [-0.2, -0.15) is 0 Å². The number of phenols is 1. The first kappa shape index (κ1) is 8.96. The summed E-state index contributed by atoms with van der Waals surface area (Å²) >= 11 is 1.16. The van der Waals surface area contributed by atoms with Crippen LogP contribution in [0.5, 0.6) is 5.75 Å². The van der Waals surface area contributed by atoms with Crippen LogP contribution in [0.2, 0.25) is 0 Å². The number of aromatic hydroxyl groups is 1. The Labute approximate surface area is 82.0 Å². The molecule has 0 aliphatic carbocycles. The molecule has 0 radical (unpaired) electrons. The molecule has 1 aromatic carbocycles. The van der Waals surface area contributed by atoms with Crippen LogP contribution in [-0.2, 0) is 0 Å². The number of hydrogen-bond acceptors (Lipinski definition) is 3. The zero-order valence-corrected chi connectivity index (χ0v) is 7.64. The fourth-order valence-electron chi connectivity index (χ4n) is 1.20. The number of benzene rings is 1. The lowest BCUT2D eigenvalue weighted by atomic mass is 10.1. The van der Waals surface area contributed by atoms with E-state index in [1.165, 1.54) is 11.4 Å². The first-order valence-electron chi connectivity index (χ1n) is 3.72. The van der Waals surface area contributed by atoms with Crippen molar-refractivity contribution in [2.24, 2.45) is 0 Å². The average molecular weight is 212 g/mol. The van der Waals surface area contributed by atoms with Crippen LogP contribution in [0.4, 0.5) is 4.39 Å². The van der Waals surface area contributed by atoms with Gasteiger partial charge in [-0.1, -0.05) is 0 Å². The van der Waals surface area contributed by atoms with Crippen molar-refractivity contribution in [3.8, 4) is 5.75 Å². The van der Waals surface area contributed by atoms with E-state index in [1.54, 1.807) is 0 Å². The summed E-state index contributed by atoms with van der Waals surface area (Å²) in [5.74, 6) is -2.36. The van der Waals surface area contributed by atoms with Crippen LogP contribution in [0.3, 0.4) is 0 Å². The molecule has 2 rings (SSSR count). The number of halogens is 1. The van der Waals surface area contributed by atoms with Crippen LogP contribution in [0.1, 0.15) is 10.4 Å². The van der Waals surface area contributed by atoms with Crippen molar-refractivity contribution in [3.63, 3.8) is 0 Å². The first-order chi connectivity index (χ1) is 6.59. The van der Waals surface area contributed by atoms with Gasteiger partial charge in [-0.25, -0.2) is 9.18 Å². The van der Waals surface area contributed by atoms with Gasteiger partial charge in [-0.05, 0) is 6.07 Å². The van der Waals surface area contributed by atoms with E-state index in [4.69, 9.17) is 10.2 Å². The molecule has 0 unspecified atom stereocenters. The van der Waals surface area contributed by atoms with E-state index >= 15 is 0 Å². The number of carboxylic acids is 1. The Bertz CT molecular complexity index is 518. The molecular weight excluding hydrogens is 207 g/mol. The summed E-state index contributed by atoms with van der Waals surface area (Å²) in [7, 11) is 0. The molecular formula is C9H5FO3S. The minimum atomic E-state index is -1.10. The maximum absolute atomic E-state index is 12.9.